The number of furan rings is 1. The van der Waals surface area contributed by atoms with Gasteiger partial charge in [-0.2, -0.15) is 0 Å². The maximum atomic E-state index is 13.1. The van der Waals surface area contributed by atoms with Crippen molar-refractivity contribution in [3.05, 3.63) is 82.7 Å². The summed E-state index contributed by atoms with van der Waals surface area (Å²) < 4.78 is 17.0. The second kappa shape index (κ2) is 8.31. The number of para-hydroxylation sites is 1. The smallest absolute Gasteiger partial charge is 0.265 e. The Morgan fingerprint density at radius 3 is 2.42 bits per heavy atom. The van der Waals surface area contributed by atoms with Gasteiger partial charge in [0.15, 0.2) is 17.6 Å². The van der Waals surface area contributed by atoms with E-state index in [-0.39, 0.29) is 17.3 Å². The largest absolute Gasteiger partial charge is 0.473 e. The molecule has 7 heteroatoms. The van der Waals surface area contributed by atoms with E-state index in [1.807, 2.05) is 0 Å². The number of Topliss-reactive ketones (excluding diaryl/α,β-unsaturated/α-hetero) is 1. The zero-order chi connectivity index (χ0) is 22.0. The molecule has 1 atom stereocenters. The van der Waals surface area contributed by atoms with Gasteiger partial charge >= 0.3 is 0 Å². The van der Waals surface area contributed by atoms with Crippen molar-refractivity contribution in [1.82, 2.24) is 0 Å². The van der Waals surface area contributed by atoms with E-state index >= 15 is 0 Å². The van der Waals surface area contributed by atoms with Crippen LogP contribution in [0.5, 0.6) is 5.75 Å². The Kier molecular flexibility index (Phi) is 5.41. The lowest BCUT2D eigenvalue weighted by molar-refractivity contribution is -0.122. The fourth-order valence-electron chi connectivity index (χ4n) is 3.06. The summed E-state index contributed by atoms with van der Waals surface area (Å²) in [6.07, 6.45) is 0.444. The number of anilines is 1. The van der Waals surface area contributed by atoms with Gasteiger partial charge in [0.25, 0.3) is 5.91 Å². The number of rotatable bonds is 6. The summed E-state index contributed by atoms with van der Waals surface area (Å²) >= 11 is 0. The molecular formula is C24H19NO6. The Morgan fingerprint density at radius 1 is 1.00 bits per heavy atom. The fraction of sp³-hybridized carbons (Fsp3) is 0.125. The van der Waals surface area contributed by atoms with Crippen LogP contribution in [0.2, 0.25) is 0 Å². The number of hydrogen-bond donors (Lipinski definition) is 1. The van der Waals surface area contributed by atoms with Crippen LogP contribution in [0.25, 0.3) is 22.5 Å². The van der Waals surface area contributed by atoms with Crippen molar-refractivity contribution in [2.24, 2.45) is 0 Å². The lowest BCUT2D eigenvalue weighted by atomic mass is 10.1. The number of ether oxygens (including phenoxy) is 1. The first-order chi connectivity index (χ1) is 14.9. The van der Waals surface area contributed by atoms with E-state index in [0.29, 0.717) is 28.0 Å². The number of hydrogen-bond acceptors (Lipinski definition) is 6. The zero-order valence-corrected chi connectivity index (χ0v) is 16.9. The first-order valence-corrected chi connectivity index (χ1v) is 9.62. The number of ketones is 1. The van der Waals surface area contributed by atoms with Crippen LogP contribution in [-0.2, 0) is 4.79 Å². The van der Waals surface area contributed by atoms with E-state index in [0.717, 1.165) is 0 Å². The van der Waals surface area contributed by atoms with Crippen LogP contribution in [0.15, 0.2) is 80.6 Å². The number of amides is 1. The Hall–Kier alpha value is -4.13. The van der Waals surface area contributed by atoms with E-state index in [2.05, 4.69) is 5.32 Å². The monoisotopic (exact) mass is 417 g/mol. The van der Waals surface area contributed by atoms with Gasteiger partial charge in [-0.3, -0.25) is 14.4 Å². The van der Waals surface area contributed by atoms with Gasteiger partial charge in [0.05, 0.1) is 11.6 Å². The van der Waals surface area contributed by atoms with Crippen LogP contribution in [0.3, 0.4) is 0 Å². The predicted octanol–water partition coefficient (Wildman–Crippen LogP) is 4.66. The minimum atomic E-state index is -1.01. The predicted molar refractivity (Wildman–Crippen MR) is 115 cm³/mol. The lowest BCUT2D eigenvalue weighted by Gasteiger charge is -2.16. The van der Waals surface area contributed by atoms with E-state index < -0.39 is 17.4 Å². The summed E-state index contributed by atoms with van der Waals surface area (Å²) in [6, 6.07) is 16.6. The number of fused-ring (bicyclic) bond motifs is 1. The molecule has 1 amide bonds. The molecule has 0 bridgehead atoms. The Morgan fingerprint density at radius 2 is 1.74 bits per heavy atom. The highest BCUT2D eigenvalue weighted by Crippen LogP contribution is 2.31. The Bertz CT molecular complexity index is 1300. The van der Waals surface area contributed by atoms with Crippen molar-refractivity contribution < 1.29 is 23.2 Å². The van der Waals surface area contributed by atoms with Gasteiger partial charge in [-0.25, -0.2) is 0 Å². The topological polar surface area (TPSA) is 98.8 Å². The van der Waals surface area contributed by atoms with E-state index in [4.69, 9.17) is 13.6 Å². The Labute approximate surface area is 177 Å². The first kappa shape index (κ1) is 20.2. The zero-order valence-electron chi connectivity index (χ0n) is 16.9. The van der Waals surface area contributed by atoms with Gasteiger partial charge in [0, 0.05) is 11.3 Å². The molecule has 2 aromatic carbocycles. The maximum Gasteiger partial charge on any atom is 0.265 e. The maximum absolute atomic E-state index is 13.1. The van der Waals surface area contributed by atoms with Crippen molar-refractivity contribution in [1.29, 1.82) is 0 Å². The van der Waals surface area contributed by atoms with Gasteiger partial charge < -0.3 is 18.9 Å². The second-order valence-electron chi connectivity index (χ2n) is 6.95. The van der Waals surface area contributed by atoms with Crippen LogP contribution in [-0.4, -0.2) is 17.8 Å². The third-order valence-corrected chi connectivity index (χ3v) is 4.72. The SMILES string of the molecule is CC(=O)c1ccc(NC(=O)C(C)Oc2c(-c3ccco3)oc3ccccc3c2=O)cc1. The minimum Gasteiger partial charge on any atom is -0.473 e. The molecule has 0 aliphatic rings. The summed E-state index contributed by atoms with van der Waals surface area (Å²) in [6.45, 7) is 3.00. The van der Waals surface area contributed by atoms with Crippen LogP contribution in [0.4, 0.5) is 5.69 Å². The van der Waals surface area contributed by atoms with Crippen molar-refractivity contribution in [3.63, 3.8) is 0 Å². The van der Waals surface area contributed by atoms with Crippen molar-refractivity contribution in [2.75, 3.05) is 5.32 Å². The van der Waals surface area contributed by atoms with Gasteiger partial charge in [0.1, 0.15) is 5.58 Å². The molecule has 0 aliphatic carbocycles. The molecule has 7 nitrogen and oxygen atoms in total. The molecule has 0 saturated heterocycles. The normalized spacial score (nSPS) is 11.8. The fourth-order valence-corrected chi connectivity index (χ4v) is 3.06. The molecule has 0 fully saturated rings. The summed E-state index contributed by atoms with van der Waals surface area (Å²) in [4.78, 5) is 37.1. The van der Waals surface area contributed by atoms with Gasteiger partial charge in [-0.15, -0.1) is 0 Å². The molecule has 2 aromatic heterocycles. The van der Waals surface area contributed by atoms with Gasteiger partial charge in [-0.1, -0.05) is 12.1 Å². The molecule has 0 aliphatic heterocycles. The molecule has 0 saturated carbocycles. The van der Waals surface area contributed by atoms with Crippen molar-refractivity contribution in [3.8, 4) is 17.3 Å². The standard InChI is InChI=1S/C24H19NO6/c1-14(26)16-9-11-17(12-10-16)25-24(28)15(2)30-23-21(27)18-6-3-4-7-19(18)31-22(23)20-8-5-13-29-20/h3-13,15H,1-2H3,(H,25,28). The van der Waals surface area contributed by atoms with Crippen LogP contribution in [0, 0.1) is 0 Å². The highest BCUT2D eigenvalue weighted by molar-refractivity contribution is 5.96. The number of carbonyl (C=O) groups excluding carboxylic acids is 2. The molecule has 1 N–H and O–H groups in total. The minimum absolute atomic E-state index is 0.0666. The number of carbonyl (C=O) groups is 2. The third-order valence-electron chi connectivity index (χ3n) is 4.72. The van der Waals surface area contributed by atoms with Crippen LogP contribution >= 0.6 is 0 Å². The number of benzene rings is 2. The third kappa shape index (κ3) is 4.11. The summed E-state index contributed by atoms with van der Waals surface area (Å²) in [5.41, 5.74) is 1.02. The molecule has 4 rings (SSSR count). The van der Waals surface area contributed by atoms with Gasteiger partial charge in [0.2, 0.25) is 16.9 Å². The Balaban J connectivity index is 1.63. The highest BCUT2D eigenvalue weighted by atomic mass is 16.5. The average molecular weight is 417 g/mol. The van der Waals surface area contributed by atoms with Crippen LogP contribution in [0.1, 0.15) is 24.2 Å². The summed E-state index contributed by atoms with van der Waals surface area (Å²) in [5, 5.41) is 3.04. The number of nitrogens with one attached hydrogen (secondary N) is 1. The van der Waals surface area contributed by atoms with E-state index in [1.54, 1.807) is 60.7 Å². The van der Waals surface area contributed by atoms with Crippen LogP contribution < -0.4 is 15.5 Å². The second-order valence-corrected chi connectivity index (χ2v) is 6.95. The molecule has 1 unspecified atom stereocenters. The summed E-state index contributed by atoms with van der Waals surface area (Å²) in [7, 11) is 0. The van der Waals surface area contributed by atoms with E-state index in [9.17, 15) is 14.4 Å². The van der Waals surface area contributed by atoms with E-state index in [1.165, 1.54) is 20.1 Å². The quantitative estimate of drug-likeness (QED) is 0.458. The summed E-state index contributed by atoms with van der Waals surface area (Å²) in [5.74, 6) is -0.218. The van der Waals surface area contributed by atoms with Gasteiger partial charge in [-0.05, 0) is 62.4 Å². The molecule has 0 spiro atoms. The molecule has 31 heavy (non-hydrogen) atoms. The average Bonchev–Trinajstić information content (AvgIpc) is 3.30. The van der Waals surface area contributed by atoms with Crippen molar-refractivity contribution >= 4 is 28.3 Å². The molecule has 2 heterocycles. The first-order valence-electron chi connectivity index (χ1n) is 9.62. The molecular weight excluding hydrogens is 398 g/mol. The lowest BCUT2D eigenvalue weighted by Crippen LogP contribution is -2.31. The van der Waals surface area contributed by atoms with Crippen molar-refractivity contribution in [2.45, 2.75) is 20.0 Å². The molecule has 0 radical (unpaired) electrons. The molecule has 156 valence electrons. The molecule has 4 aromatic rings. The highest BCUT2D eigenvalue weighted by Gasteiger charge is 2.24.